The van der Waals surface area contributed by atoms with Crippen molar-refractivity contribution < 1.29 is 5.11 Å². The second kappa shape index (κ2) is 3.77. The molecule has 1 N–H and O–H groups in total. The molecule has 2 rings (SSSR count). The molecule has 4 heteroatoms. The van der Waals surface area contributed by atoms with Gasteiger partial charge in [-0.25, -0.2) is 0 Å². The minimum Gasteiger partial charge on any atom is -0.390 e. The summed E-state index contributed by atoms with van der Waals surface area (Å²) in [5, 5.41) is 18.0. The maximum Gasteiger partial charge on any atom is 0.151 e. The third kappa shape index (κ3) is 2.45. The molecule has 1 saturated heterocycles. The maximum absolute atomic E-state index is 9.82. The fraction of sp³-hybridized carbons (Fsp3) is 0.636. The van der Waals surface area contributed by atoms with Crippen LogP contribution in [0.15, 0.2) is 12.1 Å². The second-order valence-corrected chi connectivity index (χ2v) is 4.52. The highest BCUT2D eigenvalue weighted by molar-refractivity contribution is 5.37. The Bertz CT molecular complexity index is 324. The summed E-state index contributed by atoms with van der Waals surface area (Å²) in [6.45, 7) is 5.53. The van der Waals surface area contributed by atoms with Gasteiger partial charge in [0.2, 0.25) is 0 Å². The lowest BCUT2D eigenvalue weighted by Gasteiger charge is -2.36. The summed E-state index contributed by atoms with van der Waals surface area (Å²) < 4.78 is 0. The van der Waals surface area contributed by atoms with E-state index in [9.17, 15) is 5.11 Å². The summed E-state index contributed by atoms with van der Waals surface area (Å²) in [6, 6.07) is 3.96. The normalized spacial score (nSPS) is 20.3. The van der Waals surface area contributed by atoms with Crippen LogP contribution in [-0.2, 0) is 0 Å². The van der Waals surface area contributed by atoms with Gasteiger partial charge in [-0.3, -0.25) is 0 Å². The van der Waals surface area contributed by atoms with Gasteiger partial charge >= 0.3 is 0 Å². The van der Waals surface area contributed by atoms with Crippen LogP contribution >= 0.6 is 0 Å². The average Bonchev–Trinajstić information content (AvgIpc) is 2.20. The molecule has 2 heterocycles. The molecule has 1 aliphatic heterocycles. The van der Waals surface area contributed by atoms with Crippen molar-refractivity contribution in [3.63, 3.8) is 0 Å². The third-order valence-electron chi connectivity index (χ3n) is 2.95. The van der Waals surface area contributed by atoms with Gasteiger partial charge in [0.05, 0.1) is 11.3 Å². The van der Waals surface area contributed by atoms with Gasteiger partial charge in [0.25, 0.3) is 0 Å². The second-order valence-electron chi connectivity index (χ2n) is 4.52. The number of piperidine rings is 1. The van der Waals surface area contributed by atoms with E-state index in [0.29, 0.717) is 0 Å². The van der Waals surface area contributed by atoms with Crippen molar-refractivity contribution in [2.24, 2.45) is 0 Å². The number of aromatic nitrogens is 2. The smallest absolute Gasteiger partial charge is 0.151 e. The summed E-state index contributed by atoms with van der Waals surface area (Å²) in [5.74, 6) is 0.913. The lowest BCUT2D eigenvalue weighted by molar-refractivity contribution is 0.0350. The van der Waals surface area contributed by atoms with Crippen LogP contribution in [0.1, 0.15) is 25.5 Å². The molecular formula is C11H17N3O. The Labute approximate surface area is 89.9 Å². The summed E-state index contributed by atoms with van der Waals surface area (Å²) >= 11 is 0. The van der Waals surface area contributed by atoms with Crippen LogP contribution in [0.5, 0.6) is 0 Å². The summed E-state index contributed by atoms with van der Waals surface area (Å²) in [4.78, 5) is 2.17. The molecule has 0 spiro atoms. The summed E-state index contributed by atoms with van der Waals surface area (Å²) in [6.07, 6.45) is 1.59. The first-order chi connectivity index (χ1) is 7.07. The van der Waals surface area contributed by atoms with Crippen molar-refractivity contribution in [3.05, 3.63) is 17.8 Å². The van der Waals surface area contributed by atoms with E-state index >= 15 is 0 Å². The zero-order chi connectivity index (χ0) is 10.9. The monoisotopic (exact) mass is 207 g/mol. The van der Waals surface area contributed by atoms with E-state index in [1.807, 2.05) is 26.0 Å². The Kier molecular flexibility index (Phi) is 2.61. The fourth-order valence-electron chi connectivity index (χ4n) is 1.78. The summed E-state index contributed by atoms with van der Waals surface area (Å²) in [7, 11) is 0. The molecule has 0 aliphatic carbocycles. The van der Waals surface area contributed by atoms with Crippen molar-refractivity contribution in [2.75, 3.05) is 18.0 Å². The lowest BCUT2D eigenvalue weighted by atomic mass is 9.94. The highest BCUT2D eigenvalue weighted by Crippen LogP contribution is 2.24. The van der Waals surface area contributed by atoms with Gasteiger partial charge < -0.3 is 10.0 Å². The third-order valence-corrected chi connectivity index (χ3v) is 2.95. The number of aliphatic hydroxyl groups is 1. The molecule has 1 aliphatic rings. The van der Waals surface area contributed by atoms with Gasteiger partial charge in [-0.05, 0) is 38.8 Å². The molecule has 0 amide bonds. The molecule has 1 aromatic rings. The number of aryl methyl sites for hydroxylation is 1. The van der Waals surface area contributed by atoms with E-state index in [0.717, 1.165) is 37.4 Å². The van der Waals surface area contributed by atoms with Gasteiger partial charge in [0.1, 0.15) is 0 Å². The van der Waals surface area contributed by atoms with Gasteiger partial charge in [-0.2, -0.15) is 5.10 Å². The zero-order valence-electron chi connectivity index (χ0n) is 9.27. The average molecular weight is 207 g/mol. The Morgan fingerprint density at radius 3 is 2.47 bits per heavy atom. The predicted molar refractivity (Wildman–Crippen MR) is 58.8 cm³/mol. The fourth-order valence-corrected chi connectivity index (χ4v) is 1.78. The van der Waals surface area contributed by atoms with Crippen LogP contribution in [0.3, 0.4) is 0 Å². The number of hydrogen-bond acceptors (Lipinski definition) is 4. The minimum absolute atomic E-state index is 0.505. The Morgan fingerprint density at radius 1 is 1.27 bits per heavy atom. The SMILES string of the molecule is Cc1ccc(N2CCC(C)(O)CC2)nn1. The van der Waals surface area contributed by atoms with Crippen molar-refractivity contribution >= 4 is 5.82 Å². The van der Waals surface area contributed by atoms with Crippen LogP contribution in [0, 0.1) is 6.92 Å². The molecule has 4 nitrogen and oxygen atoms in total. The van der Waals surface area contributed by atoms with Gasteiger partial charge in [0.15, 0.2) is 5.82 Å². The predicted octanol–water partition coefficient (Wildman–Crippen LogP) is 1.14. The van der Waals surface area contributed by atoms with Crippen molar-refractivity contribution in [2.45, 2.75) is 32.3 Å². The zero-order valence-corrected chi connectivity index (χ0v) is 9.27. The maximum atomic E-state index is 9.82. The Hall–Kier alpha value is -1.16. The van der Waals surface area contributed by atoms with Crippen LogP contribution < -0.4 is 4.90 Å². The molecule has 1 fully saturated rings. The molecule has 0 saturated carbocycles. The standard InChI is InChI=1S/C11H17N3O/c1-9-3-4-10(13-12-9)14-7-5-11(2,15)6-8-14/h3-4,15H,5-8H2,1-2H3. The molecule has 0 radical (unpaired) electrons. The molecular weight excluding hydrogens is 190 g/mol. The highest BCUT2D eigenvalue weighted by Gasteiger charge is 2.27. The van der Waals surface area contributed by atoms with Crippen molar-refractivity contribution in [3.8, 4) is 0 Å². The first-order valence-corrected chi connectivity index (χ1v) is 5.34. The number of rotatable bonds is 1. The van der Waals surface area contributed by atoms with Gasteiger partial charge in [-0.1, -0.05) is 0 Å². The quantitative estimate of drug-likeness (QED) is 0.750. The van der Waals surface area contributed by atoms with Crippen LogP contribution in [0.4, 0.5) is 5.82 Å². The van der Waals surface area contributed by atoms with E-state index in [1.165, 1.54) is 0 Å². The Morgan fingerprint density at radius 2 is 1.93 bits per heavy atom. The van der Waals surface area contributed by atoms with E-state index in [2.05, 4.69) is 15.1 Å². The van der Waals surface area contributed by atoms with Gasteiger partial charge in [0, 0.05) is 13.1 Å². The number of anilines is 1. The molecule has 82 valence electrons. The number of nitrogens with zero attached hydrogens (tertiary/aromatic N) is 3. The minimum atomic E-state index is -0.505. The topological polar surface area (TPSA) is 49.2 Å². The molecule has 0 aromatic carbocycles. The lowest BCUT2D eigenvalue weighted by Crippen LogP contribution is -2.42. The van der Waals surface area contributed by atoms with E-state index in [4.69, 9.17) is 0 Å². The van der Waals surface area contributed by atoms with E-state index in [1.54, 1.807) is 0 Å². The molecule has 1 aromatic heterocycles. The first kappa shape index (κ1) is 10.4. The largest absolute Gasteiger partial charge is 0.390 e. The highest BCUT2D eigenvalue weighted by atomic mass is 16.3. The van der Waals surface area contributed by atoms with Gasteiger partial charge in [-0.15, -0.1) is 5.10 Å². The summed E-state index contributed by atoms with van der Waals surface area (Å²) in [5.41, 5.74) is 0.428. The first-order valence-electron chi connectivity index (χ1n) is 5.34. The van der Waals surface area contributed by atoms with E-state index in [-0.39, 0.29) is 0 Å². The van der Waals surface area contributed by atoms with Crippen molar-refractivity contribution in [1.29, 1.82) is 0 Å². The number of hydrogen-bond donors (Lipinski definition) is 1. The molecule has 0 bridgehead atoms. The molecule has 0 atom stereocenters. The Balaban J connectivity index is 2.04. The van der Waals surface area contributed by atoms with Crippen LogP contribution in [0.25, 0.3) is 0 Å². The van der Waals surface area contributed by atoms with Crippen LogP contribution in [-0.4, -0.2) is 34.0 Å². The molecule has 15 heavy (non-hydrogen) atoms. The van der Waals surface area contributed by atoms with E-state index < -0.39 is 5.60 Å². The molecule has 0 unspecified atom stereocenters. The van der Waals surface area contributed by atoms with Crippen LogP contribution in [0.2, 0.25) is 0 Å². The van der Waals surface area contributed by atoms with Crippen molar-refractivity contribution in [1.82, 2.24) is 10.2 Å².